The molecule has 0 aromatic carbocycles. The Labute approximate surface area is 84.7 Å². The third kappa shape index (κ3) is 1.61. The van der Waals surface area contributed by atoms with Crippen LogP contribution in [0.3, 0.4) is 0 Å². The van der Waals surface area contributed by atoms with Crippen LogP contribution in [0.1, 0.15) is 36.9 Å². The minimum absolute atomic E-state index is 0.712. The van der Waals surface area contributed by atoms with Crippen LogP contribution in [-0.4, -0.2) is 11.0 Å². The van der Waals surface area contributed by atoms with E-state index in [-0.39, 0.29) is 0 Å². The first-order chi connectivity index (χ1) is 6.92. The minimum Gasteiger partial charge on any atom is -0.367 e. The summed E-state index contributed by atoms with van der Waals surface area (Å²) in [5, 5.41) is 3.45. The van der Waals surface area contributed by atoms with E-state index in [4.69, 9.17) is 0 Å². The molecule has 1 fully saturated rings. The van der Waals surface area contributed by atoms with Gasteiger partial charge in [0.1, 0.15) is 5.82 Å². The number of anilines is 1. The van der Waals surface area contributed by atoms with Crippen LogP contribution in [0.4, 0.5) is 5.82 Å². The van der Waals surface area contributed by atoms with Gasteiger partial charge < -0.3 is 5.32 Å². The molecular weight excluding hydrogens is 172 g/mol. The number of fused-ring (bicyclic) bond motifs is 1. The highest BCUT2D eigenvalue weighted by molar-refractivity contribution is 5.41. The molecule has 14 heavy (non-hydrogen) atoms. The molecule has 0 amide bonds. The second kappa shape index (κ2) is 3.26. The maximum atomic E-state index is 4.68. The molecule has 0 unspecified atom stereocenters. The van der Waals surface area contributed by atoms with Crippen molar-refractivity contribution in [3.8, 4) is 0 Å². The maximum absolute atomic E-state index is 4.68. The molecule has 0 radical (unpaired) electrons. The number of nitrogens with zero attached hydrogens (tertiary/aromatic N) is 1. The number of nitrogens with one attached hydrogen (secondary N) is 1. The summed E-state index contributed by atoms with van der Waals surface area (Å²) in [5.74, 6) is 1.09. The number of aryl methyl sites for hydroxylation is 2. The van der Waals surface area contributed by atoms with Gasteiger partial charge in [-0.2, -0.15) is 0 Å². The predicted octanol–water partition coefficient (Wildman–Crippen LogP) is 2.53. The number of pyridine rings is 1. The minimum atomic E-state index is 0.712. The first kappa shape index (κ1) is 8.27. The molecule has 74 valence electrons. The van der Waals surface area contributed by atoms with Gasteiger partial charge in [-0.15, -0.1) is 0 Å². The van der Waals surface area contributed by atoms with Gasteiger partial charge in [-0.05, 0) is 50.2 Å². The lowest BCUT2D eigenvalue weighted by Crippen LogP contribution is -2.09. The van der Waals surface area contributed by atoms with Crippen LogP contribution in [0.5, 0.6) is 0 Å². The highest BCUT2D eigenvalue weighted by Gasteiger charge is 2.21. The summed E-state index contributed by atoms with van der Waals surface area (Å²) in [5.41, 5.74) is 2.81. The molecule has 0 spiro atoms. The van der Waals surface area contributed by atoms with Crippen molar-refractivity contribution in [3.05, 3.63) is 23.4 Å². The summed E-state index contributed by atoms with van der Waals surface area (Å²) in [6, 6.07) is 5.11. The number of hydrogen-bond donors (Lipinski definition) is 1. The normalized spacial score (nSPS) is 20.3. The first-order valence-corrected chi connectivity index (χ1v) is 5.67. The van der Waals surface area contributed by atoms with Crippen LogP contribution in [0.2, 0.25) is 0 Å². The van der Waals surface area contributed by atoms with Crippen molar-refractivity contribution in [2.45, 2.75) is 44.6 Å². The number of aromatic nitrogens is 1. The highest BCUT2D eigenvalue weighted by atomic mass is 15.0. The smallest absolute Gasteiger partial charge is 0.126 e. The molecule has 1 aromatic heterocycles. The summed E-state index contributed by atoms with van der Waals surface area (Å²) in [7, 11) is 0. The third-order valence-corrected chi connectivity index (χ3v) is 3.11. The number of hydrogen-bond acceptors (Lipinski definition) is 2. The molecule has 1 N–H and O–H groups in total. The molecule has 2 nitrogen and oxygen atoms in total. The summed E-state index contributed by atoms with van der Waals surface area (Å²) in [6.07, 6.45) is 7.69. The standard InChI is InChI=1S/C12H16N2/c1-2-4-11-9(3-1)5-8-12(14-11)13-10-6-7-10/h5,8,10H,1-4,6-7H2,(H,13,14). The fraction of sp³-hybridized carbons (Fsp3) is 0.583. The second-order valence-corrected chi connectivity index (χ2v) is 4.43. The molecule has 2 heteroatoms. The van der Waals surface area contributed by atoms with Gasteiger partial charge in [0.2, 0.25) is 0 Å². The van der Waals surface area contributed by atoms with Gasteiger partial charge in [-0.1, -0.05) is 6.07 Å². The van der Waals surface area contributed by atoms with E-state index < -0.39 is 0 Å². The zero-order valence-electron chi connectivity index (χ0n) is 8.42. The predicted molar refractivity (Wildman–Crippen MR) is 57.5 cm³/mol. The third-order valence-electron chi connectivity index (χ3n) is 3.11. The van der Waals surface area contributed by atoms with Crippen molar-refractivity contribution in [1.29, 1.82) is 0 Å². The SMILES string of the molecule is c1cc2c(nc1NC1CC1)CCCC2. The summed E-state index contributed by atoms with van der Waals surface area (Å²) < 4.78 is 0. The molecule has 2 aliphatic carbocycles. The van der Waals surface area contributed by atoms with Gasteiger partial charge in [0.15, 0.2) is 0 Å². The van der Waals surface area contributed by atoms with Crippen LogP contribution in [0.15, 0.2) is 12.1 Å². The quantitative estimate of drug-likeness (QED) is 0.771. The highest BCUT2D eigenvalue weighted by Crippen LogP contribution is 2.26. The van der Waals surface area contributed by atoms with E-state index in [0.717, 1.165) is 5.82 Å². The lowest BCUT2D eigenvalue weighted by atomic mass is 9.96. The summed E-state index contributed by atoms with van der Waals surface area (Å²) >= 11 is 0. The van der Waals surface area contributed by atoms with E-state index in [0.29, 0.717) is 6.04 Å². The molecule has 1 heterocycles. The van der Waals surface area contributed by atoms with E-state index in [1.165, 1.54) is 49.8 Å². The average Bonchev–Trinajstić information content (AvgIpc) is 3.02. The molecule has 2 aliphatic rings. The van der Waals surface area contributed by atoms with Crippen molar-refractivity contribution >= 4 is 5.82 Å². The Bertz CT molecular complexity index is 342. The summed E-state index contributed by atoms with van der Waals surface area (Å²) in [4.78, 5) is 4.68. The van der Waals surface area contributed by atoms with Crippen LogP contribution in [0.25, 0.3) is 0 Å². The Hall–Kier alpha value is -1.05. The monoisotopic (exact) mass is 188 g/mol. The Morgan fingerprint density at radius 2 is 2.00 bits per heavy atom. The maximum Gasteiger partial charge on any atom is 0.126 e. The van der Waals surface area contributed by atoms with Crippen LogP contribution < -0.4 is 5.32 Å². The largest absolute Gasteiger partial charge is 0.367 e. The van der Waals surface area contributed by atoms with E-state index in [2.05, 4.69) is 22.4 Å². The first-order valence-electron chi connectivity index (χ1n) is 5.67. The lowest BCUT2D eigenvalue weighted by Gasteiger charge is -2.15. The second-order valence-electron chi connectivity index (χ2n) is 4.43. The van der Waals surface area contributed by atoms with Crippen molar-refractivity contribution in [2.24, 2.45) is 0 Å². The van der Waals surface area contributed by atoms with Gasteiger partial charge in [0.25, 0.3) is 0 Å². The molecule has 0 saturated heterocycles. The van der Waals surface area contributed by atoms with E-state index in [1.807, 2.05) is 0 Å². The van der Waals surface area contributed by atoms with Gasteiger partial charge >= 0.3 is 0 Å². The van der Waals surface area contributed by atoms with Gasteiger partial charge in [-0.25, -0.2) is 4.98 Å². The average molecular weight is 188 g/mol. The molecule has 0 bridgehead atoms. The fourth-order valence-corrected chi connectivity index (χ4v) is 2.10. The van der Waals surface area contributed by atoms with E-state index in [1.54, 1.807) is 0 Å². The van der Waals surface area contributed by atoms with Crippen molar-refractivity contribution in [2.75, 3.05) is 5.32 Å². The fourth-order valence-electron chi connectivity index (χ4n) is 2.10. The van der Waals surface area contributed by atoms with Gasteiger partial charge in [0.05, 0.1) is 0 Å². The lowest BCUT2D eigenvalue weighted by molar-refractivity contribution is 0.668. The Balaban J connectivity index is 1.84. The molecule has 0 atom stereocenters. The van der Waals surface area contributed by atoms with E-state index >= 15 is 0 Å². The van der Waals surface area contributed by atoms with Gasteiger partial charge in [0, 0.05) is 11.7 Å². The zero-order valence-corrected chi connectivity index (χ0v) is 8.42. The summed E-state index contributed by atoms with van der Waals surface area (Å²) in [6.45, 7) is 0. The van der Waals surface area contributed by atoms with Crippen LogP contribution >= 0.6 is 0 Å². The molecule has 1 saturated carbocycles. The van der Waals surface area contributed by atoms with Crippen LogP contribution in [-0.2, 0) is 12.8 Å². The van der Waals surface area contributed by atoms with Crippen molar-refractivity contribution in [3.63, 3.8) is 0 Å². The molecule has 0 aliphatic heterocycles. The van der Waals surface area contributed by atoms with Gasteiger partial charge in [-0.3, -0.25) is 0 Å². The molecule has 1 aromatic rings. The van der Waals surface area contributed by atoms with Crippen LogP contribution in [0, 0.1) is 0 Å². The van der Waals surface area contributed by atoms with E-state index in [9.17, 15) is 0 Å². The Morgan fingerprint density at radius 3 is 2.86 bits per heavy atom. The topological polar surface area (TPSA) is 24.9 Å². The zero-order chi connectivity index (χ0) is 9.38. The number of rotatable bonds is 2. The van der Waals surface area contributed by atoms with Crippen molar-refractivity contribution < 1.29 is 0 Å². The molecule has 3 rings (SSSR count). The Morgan fingerprint density at radius 1 is 1.14 bits per heavy atom. The molecular formula is C12H16N2. The Kier molecular flexibility index (Phi) is 1.93. The van der Waals surface area contributed by atoms with Crippen molar-refractivity contribution in [1.82, 2.24) is 4.98 Å².